The highest BCUT2D eigenvalue weighted by atomic mass is 16.5. The SMILES string of the molecule is COc1cc(/C=C/c2cc(O)c(O)c(C(C)(C)C)c2)cc(OC)c1. The van der Waals surface area contributed by atoms with Gasteiger partial charge in [0.2, 0.25) is 0 Å². The van der Waals surface area contributed by atoms with Gasteiger partial charge in [-0.05, 0) is 40.8 Å². The molecule has 2 rings (SSSR count). The molecule has 0 amide bonds. The van der Waals surface area contributed by atoms with Crippen molar-refractivity contribution >= 4 is 12.2 Å². The molecule has 0 atom stereocenters. The van der Waals surface area contributed by atoms with Crippen LogP contribution in [0.5, 0.6) is 23.0 Å². The maximum atomic E-state index is 10.1. The minimum atomic E-state index is -0.273. The molecule has 24 heavy (non-hydrogen) atoms. The Morgan fingerprint density at radius 1 is 0.792 bits per heavy atom. The third-order valence-corrected chi connectivity index (χ3v) is 3.76. The van der Waals surface area contributed by atoms with E-state index >= 15 is 0 Å². The Hall–Kier alpha value is -2.62. The van der Waals surface area contributed by atoms with Crippen LogP contribution in [0.25, 0.3) is 12.2 Å². The van der Waals surface area contributed by atoms with Crippen LogP contribution in [0, 0.1) is 0 Å². The predicted octanol–water partition coefficient (Wildman–Crippen LogP) is 4.58. The summed E-state index contributed by atoms with van der Waals surface area (Å²) in [6.45, 7) is 5.96. The van der Waals surface area contributed by atoms with Crippen LogP contribution >= 0.6 is 0 Å². The summed E-state index contributed by atoms with van der Waals surface area (Å²) < 4.78 is 10.5. The van der Waals surface area contributed by atoms with Crippen molar-refractivity contribution in [2.24, 2.45) is 0 Å². The highest BCUT2D eigenvalue weighted by Crippen LogP contribution is 2.38. The molecule has 0 saturated heterocycles. The number of phenolic OH excluding ortho intramolecular Hbond substituents is 2. The number of hydrogen-bond donors (Lipinski definition) is 2. The summed E-state index contributed by atoms with van der Waals surface area (Å²) >= 11 is 0. The Morgan fingerprint density at radius 3 is 1.75 bits per heavy atom. The molecule has 128 valence electrons. The fourth-order valence-corrected chi connectivity index (χ4v) is 2.43. The van der Waals surface area contributed by atoms with Gasteiger partial charge < -0.3 is 19.7 Å². The fourth-order valence-electron chi connectivity index (χ4n) is 2.43. The Bertz CT molecular complexity index is 733. The van der Waals surface area contributed by atoms with E-state index in [1.807, 2.05) is 51.1 Å². The van der Waals surface area contributed by atoms with Gasteiger partial charge >= 0.3 is 0 Å². The lowest BCUT2D eigenvalue weighted by Gasteiger charge is -2.21. The van der Waals surface area contributed by atoms with Crippen LogP contribution < -0.4 is 9.47 Å². The van der Waals surface area contributed by atoms with Gasteiger partial charge in [0.25, 0.3) is 0 Å². The van der Waals surface area contributed by atoms with Crippen LogP contribution in [0.3, 0.4) is 0 Å². The Morgan fingerprint density at radius 2 is 1.29 bits per heavy atom. The van der Waals surface area contributed by atoms with E-state index in [1.54, 1.807) is 26.4 Å². The minimum absolute atomic E-state index is 0.0669. The van der Waals surface area contributed by atoms with Crippen molar-refractivity contribution in [3.63, 3.8) is 0 Å². The molecular formula is C20H24O4. The zero-order valence-corrected chi connectivity index (χ0v) is 14.8. The first-order valence-electron chi connectivity index (χ1n) is 7.72. The molecule has 0 aliphatic rings. The van der Waals surface area contributed by atoms with Crippen molar-refractivity contribution in [2.75, 3.05) is 14.2 Å². The molecule has 0 bridgehead atoms. The zero-order chi connectivity index (χ0) is 17.9. The van der Waals surface area contributed by atoms with E-state index in [4.69, 9.17) is 9.47 Å². The third kappa shape index (κ3) is 4.02. The summed E-state index contributed by atoms with van der Waals surface area (Å²) in [6, 6.07) is 9.01. The van der Waals surface area contributed by atoms with Gasteiger partial charge in [-0.15, -0.1) is 0 Å². The summed E-state index contributed by atoms with van der Waals surface area (Å²) in [4.78, 5) is 0. The fraction of sp³-hybridized carbons (Fsp3) is 0.300. The second-order valence-corrected chi connectivity index (χ2v) is 6.67. The van der Waals surface area contributed by atoms with E-state index < -0.39 is 0 Å². The largest absolute Gasteiger partial charge is 0.504 e. The number of methoxy groups -OCH3 is 2. The Kier molecular flexibility index (Phi) is 5.07. The average Bonchev–Trinajstić information content (AvgIpc) is 2.54. The normalized spacial score (nSPS) is 11.7. The van der Waals surface area contributed by atoms with Crippen molar-refractivity contribution < 1.29 is 19.7 Å². The molecule has 0 heterocycles. The third-order valence-electron chi connectivity index (χ3n) is 3.76. The first-order chi connectivity index (χ1) is 11.2. The van der Waals surface area contributed by atoms with E-state index in [0.717, 1.165) is 11.1 Å². The first-order valence-corrected chi connectivity index (χ1v) is 7.72. The molecule has 0 unspecified atom stereocenters. The van der Waals surface area contributed by atoms with E-state index in [9.17, 15) is 10.2 Å². The summed E-state index contributed by atoms with van der Waals surface area (Å²) in [5, 5.41) is 20.1. The topological polar surface area (TPSA) is 58.9 Å². The lowest BCUT2D eigenvalue weighted by Crippen LogP contribution is -2.11. The smallest absolute Gasteiger partial charge is 0.161 e. The molecule has 0 aliphatic carbocycles. The molecule has 0 radical (unpaired) electrons. The van der Waals surface area contributed by atoms with Crippen LogP contribution in [-0.2, 0) is 5.41 Å². The first kappa shape index (κ1) is 17.7. The van der Waals surface area contributed by atoms with Crippen LogP contribution in [0.1, 0.15) is 37.5 Å². The Balaban J connectivity index is 2.41. The lowest BCUT2D eigenvalue weighted by atomic mass is 9.85. The number of hydrogen-bond acceptors (Lipinski definition) is 4. The quantitative estimate of drug-likeness (QED) is 0.637. The summed E-state index contributed by atoms with van der Waals surface area (Å²) in [7, 11) is 3.21. The monoisotopic (exact) mass is 328 g/mol. The second kappa shape index (κ2) is 6.87. The van der Waals surface area contributed by atoms with Crippen LogP contribution in [0.2, 0.25) is 0 Å². The van der Waals surface area contributed by atoms with Gasteiger partial charge in [0.05, 0.1) is 14.2 Å². The van der Waals surface area contributed by atoms with Gasteiger partial charge in [0, 0.05) is 11.6 Å². The van der Waals surface area contributed by atoms with E-state index in [2.05, 4.69) is 0 Å². The van der Waals surface area contributed by atoms with Crippen LogP contribution in [0.15, 0.2) is 30.3 Å². The molecule has 2 N–H and O–H groups in total. The molecule has 4 nitrogen and oxygen atoms in total. The van der Waals surface area contributed by atoms with Gasteiger partial charge in [0.1, 0.15) is 11.5 Å². The molecular weight excluding hydrogens is 304 g/mol. The van der Waals surface area contributed by atoms with Crippen molar-refractivity contribution in [1.82, 2.24) is 0 Å². The number of aromatic hydroxyl groups is 2. The van der Waals surface area contributed by atoms with Gasteiger partial charge in [0.15, 0.2) is 11.5 Å². The van der Waals surface area contributed by atoms with Crippen molar-refractivity contribution in [3.05, 3.63) is 47.0 Å². The summed E-state index contributed by atoms with van der Waals surface area (Å²) in [5.41, 5.74) is 2.14. The summed E-state index contributed by atoms with van der Waals surface area (Å²) in [6.07, 6.45) is 3.78. The molecule has 0 spiro atoms. The minimum Gasteiger partial charge on any atom is -0.504 e. The van der Waals surface area contributed by atoms with Gasteiger partial charge in [-0.25, -0.2) is 0 Å². The molecule has 2 aromatic rings. The number of phenols is 2. The molecule has 0 aliphatic heterocycles. The number of ether oxygens (including phenoxy) is 2. The standard InChI is InChI=1S/C20H24O4/c1-20(2,3)17-10-14(11-18(21)19(17)22)7-6-13-8-15(23-4)12-16(9-13)24-5/h6-12,21-22H,1-5H3/b7-6+. The zero-order valence-electron chi connectivity index (χ0n) is 14.8. The van der Waals surface area contributed by atoms with Gasteiger partial charge in [-0.3, -0.25) is 0 Å². The van der Waals surface area contributed by atoms with Crippen molar-refractivity contribution in [3.8, 4) is 23.0 Å². The van der Waals surface area contributed by atoms with Crippen molar-refractivity contribution in [2.45, 2.75) is 26.2 Å². The maximum absolute atomic E-state index is 10.1. The molecule has 0 fully saturated rings. The molecule has 4 heteroatoms. The maximum Gasteiger partial charge on any atom is 0.161 e. The molecule has 0 aromatic heterocycles. The molecule has 2 aromatic carbocycles. The Labute approximate surface area is 143 Å². The highest BCUT2D eigenvalue weighted by Gasteiger charge is 2.20. The average molecular weight is 328 g/mol. The van der Waals surface area contributed by atoms with Gasteiger partial charge in [-0.1, -0.05) is 32.9 Å². The summed E-state index contributed by atoms with van der Waals surface area (Å²) in [5.74, 6) is 1.23. The van der Waals surface area contributed by atoms with E-state index in [-0.39, 0.29) is 16.9 Å². The van der Waals surface area contributed by atoms with Crippen molar-refractivity contribution in [1.29, 1.82) is 0 Å². The van der Waals surface area contributed by atoms with Crippen LogP contribution in [-0.4, -0.2) is 24.4 Å². The number of rotatable bonds is 4. The van der Waals surface area contributed by atoms with Gasteiger partial charge in [-0.2, -0.15) is 0 Å². The molecule has 0 saturated carbocycles. The van der Waals surface area contributed by atoms with Crippen LogP contribution in [0.4, 0.5) is 0 Å². The predicted molar refractivity (Wildman–Crippen MR) is 96.9 cm³/mol. The van der Waals surface area contributed by atoms with E-state index in [0.29, 0.717) is 17.1 Å². The lowest BCUT2D eigenvalue weighted by molar-refractivity contribution is 0.389. The highest BCUT2D eigenvalue weighted by molar-refractivity contribution is 5.73. The van der Waals surface area contributed by atoms with E-state index in [1.165, 1.54) is 0 Å². The number of benzene rings is 2. The second-order valence-electron chi connectivity index (χ2n) is 6.67.